The molecule has 0 heterocycles. The second-order valence-electron chi connectivity index (χ2n) is 4.82. The van der Waals surface area contributed by atoms with E-state index in [2.05, 4.69) is 0 Å². The lowest BCUT2D eigenvalue weighted by atomic mass is 9.93. The van der Waals surface area contributed by atoms with Gasteiger partial charge in [-0.3, -0.25) is 4.79 Å². The Morgan fingerprint density at radius 1 is 1.31 bits per heavy atom. The summed E-state index contributed by atoms with van der Waals surface area (Å²) in [7, 11) is 0. The van der Waals surface area contributed by atoms with Crippen molar-refractivity contribution in [2.45, 2.75) is 39.2 Å². The molecule has 1 aromatic carbocycles. The van der Waals surface area contributed by atoms with Gasteiger partial charge in [0.2, 0.25) is 0 Å². The molecule has 16 heavy (non-hydrogen) atoms. The molecule has 0 spiro atoms. The summed E-state index contributed by atoms with van der Waals surface area (Å²) in [5, 5.41) is 19.3. The van der Waals surface area contributed by atoms with Crippen LogP contribution in [0.2, 0.25) is 0 Å². The van der Waals surface area contributed by atoms with Crippen LogP contribution in [0.25, 0.3) is 0 Å². The van der Waals surface area contributed by atoms with Gasteiger partial charge in [0.25, 0.3) is 0 Å². The monoisotopic (exact) mass is 222 g/mol. The van der Waals surface area contributed by atoms with Gasteiger partial charge in [0, 0.05) is 0 Å². The van der Waals surface area contributed by atoms with Gasteiger partial charge in [0.15, 0.2) is 5.78 Å². The molecule has 0 atom stereocenters. The maximum Gasteiger partial charge on any atom is 0.197 e. The fraction of sp³-hybridized carbons (Fsp3) is 0.462. The molecule has 0 aliphatic rings. The lowest BCUT2D eigenvalue weighted by Gasteiger charge is -2.17. The number of Topliss-reactive ketones (excluding diaryl/α,β-unsaturated/α-hetero) is 1. The molecule has 1 rings (SSSR count). The van der Waals surface area contributed by atoms with Crippen molar-refractivity contribution in [2.24, 2.45) is 0 Å². The van der Waals surface area contributed by atoms with E-state index in [1.54, 1.807) is 18.2 Å². The second-order valence-corrected chi connectivity index (χ2v) is 4.82. The van der Waals surface area contributed by atoms with Crippen LogP contribution in [0.5, 0.6) is 5.75 Å². The van der Waals surface area contributed by atoms with Gasteiger partial charge in [0.1, 0.15) is 11.4 Å². The summed E-state index contributed by atoms with van der Waals surface area (Å²) in [5.74, 6) is -0.254. The Morgan fingerprint density at radius 3 is 2.25 bits per heavy atom. The van der Waals surface area contributed by atoms with E-state index in [1.165, 1.54) is 13.8 Å². The van der Waals surface area contributed by atoms with E-state index >= 15 is 0 Å². The number of phenols is 1. The molecule has 3 nitrogen and oxygen atoms in total. The van der Waals surface area contributed by atoms with Gasteiger partial charge >= 0.3 is 0 Å². The van der Waals surface area contributed by atoms with Crippen molar-refractivity contribution in [1.82, 2.24) is 0 Å². The summed E-state index contributed by atoms with van der Waals surface area (Å²) in [6, 6.07) is 4.93. The Hall–Kier alpha value is -1.35. The number of carbonyl (C=O) groups is 1. The van der Waals surface area contributed by atoms with E-state index in [0.717, 1.165) is 5.56 Å². The number of phenolic OH excluding ortho intramolecular Hbond substituents is 1. The standard InChI is InChI=1S/C13H18O3/c1-8(2)9-5-6-10(11(14)7-9)12(15)13(3,4)16/h5-8,14,16H,1-4H3. The smallest absolute Gasteiger partial charge is 0.197 e. The van der Waals surface area contributed by atoms with Gasteiger partial charge < -0.3 is 10.2 Å². The molecule has 0 aliphatic heterocycles. The molecule has 0 aromatic heterocycles. The highest BCUT2D eigenvalue weighted by atomic mass is 16.3. The summed E-state index contributed by atoms with van der Waals surface area (Å²) >= 11 is 0. The molecular weight excluding hydrogens is 204 g/mol. The largest absolute Gasteiger partial charge is 0.507 e. The number of hydrogen-bond donors (Lipinski definition) is 2. The Morgan fingerprint density at radius 2 is 1.88 bits per heavy atom. The van der Waals surface area contributed by atoms with E-state index in [9.17, 15) is 15.0 Å². The zero-order valence-corrected chi connectivity index (χ0v) is 10.1. The second kappa shape index (κ2) is 4.26. The number of ketones is 1. The first-order valence-corrected chi connectivity index (χ1v) is 5.33. The Balaban J connectivity index is 3.14. The lowest BCUT2D eigenvalue weighted by Crippen LogP contribution is -2.31. The summed E-state index contributed by atoms with van der Waals surface area (Å²) in [6.45, 7) is 6.83. The predicted octanol–water partition coefficient (Wildman–Crippen LogP) is 2.47. The molecule has 0 amide bonds. The number of rotatable bonds is 3. The van der Waals surface area contributed by atoms with Crippen molar-refractivity contribution in [3.63, 3.8) is 0 Å². The predicted molar refractivity (Wildman–Crippen MR) is 62.8 cm³/mol. The molecular formula is C13H18O3. The summed E-state index contributed by atoms with van der Waals surface area (Å²) in [6.07, 6.45) is 0. The zero-order chi connectivity index (χ0) is 12.5. The number of aliphatic hydroxyl groups is 1. The van der Waals surface area contributed by atoms with E-state index in [0.29, 0.717) is 0 Å². The molecule has 0 bridgehead atoms. The molecule has 3 heteroatoms. The summed E-state index contributed by atoms with van der Waals surface area (Å²) in [4.78, 5) is 11.8. The van der Waals surface area contributed by atoms with E-state index in [4.69, 9.17) is 0 Å². The fourth-order valence-corrected chi connectivity index (χ4v) is 1.43. The Bertz CT molecular complexity index is 400. The van der Waals surface area contributed by atoms with Crippen LogP contribution in [0.4, 0.5) is 0 Å². The number of hydrogen-bond acceptors (Lipinski definition) is 3. The van der Waals surface area contributed by atoms with E-state index in [-0.39, 0.29) is 17.2 Å². The highest BCUT2D eigenvalue weighted by Gasteiger charge is 2.27. The van der Waals surface area contributed by atoms with Crippen molar-refractivity contribution in [1.29, 1.82) is 0 Å². The van der Waals surface area contributed by atoms with Gasteiger partial charge in [-0.2, -0.15) is 0 Å². The maximum atomic E-state index is 11.8. The number of aromatic hydroxyl groups is 1. The van der Waals surface area contributed by atoms with Crippen LogP contribution < -0.4 is 0 Å². The van der Waals surface area contributed by atoms with Crippen LogP contribution in [0.3, 0.4) is 0 Å². The average molecular weight is 222 g/mol. The van der Waals surface area contributed by atoms with Gasteiger partial charge in [0.05, 0.1) is 5.56 Å². The van der Waals surface area contributed by atoms with Crippen LogP contribution >= 0.6 is 0 Å². The third-order valence-corrected chi connectivity index (χ3v) is 2.49. The van der Waals surface area contributed by atoms with Crippen molar-refractivity contribution in [2.75, 3.05) is 0 Å². The molecule has 1 aromatic rings. The number of benzene rings is 1. The fourth-order valence-electron chi connectivity index (χ4n) is 1.43. The minimum Gasteiger partial charge on any atom is -0.507 e. The van der Waals surface area contributed by atoms with Crippen molar-refractivity contribution >= 4 is 5.78 Å². The van der Waals surface area contributed by atoms with Crippen LogP contribution in [-0.4, -0.2) is 21.6 Å². The minimum atomic E-state index is -1.46. The maximum absolute atomic E-state index is 11.8. The third-order valence-electron chi connectivity index (χ3n) is 2.49. The SMILES string of the molecule is CC(C)c1ccc(C(=O)C(C)(C)O)c(O)c1. The first-order valence-electron chi connectivity index (χ1n) is 5.33. The van der Waals surface area contributed by atoms with Gasteiger partial charge in [-0.05, 0) is 37.5 Å². The van der Waals surface area contributed by atoms with E-state index < -0.39 is 11.4 Å². The normalized spacial score (nSPS) is 11.9. The highest BCUT2D eigenvalue weighted by Crippen LogP contribution is 2.26. The van der Waals surface area contributed by atoms with Crippen molar-refractivity contribution in [3.8, 4) is 5.75 Å². The first kappa shape index (κ1) is 12.7. The first-order chi connectivity index (χ1) is 7.23. The lowest BCUT2D eigenvalue weighted by molar-refractivity contribution is 0.0485. The van der Waals surface area contributed by atoms with Crippen molar-refractivity contribution < 1.29 is 15.0 Å². The van der Waals surface area contributed by atoms with E-state index in [1.807, 2.05) is 13.8 Å². The average Bonchev–Trinajstić information content (AvgIpc) is 2.15. The van der Waals surface area contributed by atoms with Crippen LogP contribution in [0.15, 0.2) is 18.2 Å². The zero-order valence-electron chi connectivity index (χ0n) is 10.1. The molecule has 0 saturated heterocycles. The van der Waals surface area contributed by atoms with Gasteiger partial charge in [-0.15, -0.1) is 0 Å². The third kappa shape index (κ3) is 2.61. The molecule has 88 valence electrons. The Kier molecular flexibility index (Phi) is 3.38. The molecule has 0 radical (unpaired) electrons. The molecule has 2 N–H and O–H groups in total. The van der Waals surface area contributed by atoms with Crippen LogP contribution in [0.1, 0.15) is 49.5 Å². The summed E-state index contributed by atoms with van der Waals surface area (Å²) < 4.78 is 0. The van der Waals surface area contributed by atoms with Crippen LogP contribution in [0, 0.1) is 0 Å². The molecule has 0 unspecified atom stereocenters. The number of carbonyl (C=O) groups excluding carboxylic acids is 1. The highest BCUT2D eigenvalue weighted by molar-refractivity contribution is 6.03. The molecule has 0 aliphatic carbocycles. The summed E-state index contributed by atoms with van der Waals surface area (Å²) in [5.41, 5.74) is -0.335. The molecule has 0 saturated carbocycles. The minimum absolute atomic E-state index is 0.0710. The van der Waals surface area contributed by atoms with Crippen molar-refractivity contribution in [3.05, 3.63) is 29.3 Å². The van der Waals surface area contributed by atoms with Gasteiger partial charge in [-0.25, -0.2) is 0 Å². The quantitative estimate of drug-likeness (QED) is 0.772. The van der Waals surface area contributed by atoms with Crippen LogP contribution in [-0.2, 0) is 0 Å². The van der Waals surface area contributed by atoms with Gasteiger partial charge in [-0.1, -0.05) is 19.9 Å². The Labute approximate surface area is 95.7 Å². The molecule has 0 fully saturated rings. The topological polar surface area (TPSA) is 57.5 Å².